The Bertz CT molecular complexity index is 467. The lowest BCUT2D eigenvalue weighted by molar-refractivity contribution is -0.139. The molecule has 1 aromatic heterocycles. The summed E-state index contributed by atoms with van der Waals surface area (Å²) in [5, 5.41) is 14.0. The van der Waals surface area contributed by atoms with Crippen molar-refractivity contribution < 1.29 is 19.4 Å². The van der Waals surface area contributed by atoms with Gasteiger partial charge in [0.15, 0.2) is 0 Å². The van der Waals surface area contributed by atoms with Crippen molar-refractivity contribution in [3.05, 3.63) is 23.9 Å². The molecule has 0 spiro atoms. The largest absolute Gasteiger partial charge is 0.481 e. The predicted molar refractivity (Wildman–Crippen MR) is 80.6 cm³/mol. The molecule has 0 saturated carbocycles. The van der Waals surface area contributed by atoms with Crippen LogP contribution in [-0.2, 0) is 11.3 Å². The number of hydrogen-bond donors (Lipinski definition) is 3. The van der Waals surface area contributed by atoms with Crippen LogP contribution >= 0.6 is 11.8 Å². The maximum absolute atomic E-state index is 11.7. The van der Waals surface area contributed by atoms with Gasteiger partial charge >= 0.3 is 12.0 Å². The number of rotatable bonds is 8. The fraction of sp³-hybridized carbons (Fsp3) is 0.462. The zero-order valence-electron chi connectivity index (χ0n) is 12.0. The van der Waals surface area contributed by atoms with Gasteiger partial charge in [0, 0.05) is 18.8 Å². The van der Waals surface area contributed by atoms with E-state index in [1.807, 2.05) is 6.26 Å². The average molecular weight is 313 g/mol. The van der Waals surface area contributed by atoms with E-state index in [0.29, 0.717) is 18.1 Å². The van der Waals surface area contributed by atoms with Gasteiger partial charge in [0.25, 0.3) is 0 Å². The molecule has 0 aliphatic carbocycles. The van der Waals surface area contributed by atoms with E-state index in [4.69, 9.17) is 9.84 Å². The second-order valence-electron chi connectivity index (χ2n) is 4.21. The highest BCUT2D eigenvalue weighted by molar-refractivity contribution is 7.98. The number of amides is 2. The van der Waals surface area contributed by atoms with Crippen LogP contribution in [0.5, 0.6) is 5.88 Å². The summed E-state index contributed by atoms with van der Waals surface area (Å²) in [6.45, 7) is 0.262. The summed E-state index contributed by atoms with van der Waals surface area (Å²) in [6, 6.07) is 2.06. The number of carbonyl (C=O) groups excluding carboxylic acids is 1. The van der Waals surface area contributed by atoms with Gasteiger partial charge in [-0.3, -0.25) is 0 Å². The number of carbonyl (C=O) groups is 2. The van der Waals surface area contributed by atoms with E-state index >= 15 is 0 Å². The monoisotopic (exact) mass is 313 g/mol. The first-order chi connectivity index (χ1) is 10.1. The van der Waals surface area contributed by atoms with Crippen molar-refractivity contribution in [2.45, 2.75) is 19.0 Å². The van der Waals surface area contributed by atoms with Gasteiger partial charge in [0.05, 0.1) is 7.11 Å². The van der Waals surface area contributed by atoms with Crippen LogP contribution in [0.3, 0.4) is 0 Å². The molecule has 3 N–H and O–H groups in total. The number of hydrogen-bond acceptors (Lipinski definition) is 5. The number of carboxylic acids is 1. The van der Waals surface area contributed by atoms with Gasteiger partial charge in [-0.15, -0.1) is 0 Å². The molecule has 1 unspecified atom stereocenters. The van der Waals surface area contributed by atoms with E-state index in [0.717, 1.165) is 5.56 Å². The van der Waals surface area contributed by atoms with Crippen molar-refractivity contribution >= 4 is 23.8 Å². The van der Waals surface area contributed by atoms with E-state index in [2.05, 4.69) is 15.6 Å². The third-order valence-corrected chi connectivity index (χ3v) is 3.32. The minimum Gasteiger partial charge on any atom is -0.481 e. The van der Waals surface area contributed by atoms with E-state index in [1.54, 1.807) is 18.3 Å². The summed E-state index contributed by atoms with van der Waals surface area (Å²) in [7, 11) is 1.52. The first-order valence-corrected chi connectivity index (χ1v) is 7.71. The van der Waals surface area contributed by atoms with Crippen LogP contribution in [0.1, 0.15) is 12.0 Å². The Morgan fingerprint density at radius 1 is 1.48 bits per heavy atom. The van der Waals surface area contributed by atoms with Crippen LogP contribution in [-0.4, -0.2) is 47.3 Å². The summed E-state index contributed by atoms with van der Waals surface area (Å²) in [5.41, 5.74) is 0.793. The molecule has 0 aromatic carbocycles. The standard InChI is InChI=1S/C13H19N3O4S/c1-20-11-4-3-9(7-14-11)8-15-13(19)16-10(12(17)18)5-6-21-2/h3-4,7,10H,5-6,8H2,1-2H3,(H,17,18)(H2,15,16,19). The van der Waals surface area contributed by atoms with Crippen LogP contribution in [0.15, 0.2) is 18.3 Å². The predicted octanol–water partition coefficient (Wildman–Crippen LogP) is 1.10. The second-order valence-corrected chi connectivity index (χ2v) is 5.19. The molecular weight excluding hydrogens is 294 g/mol. The fourth-order valence-electron chi connectivity index (χ4n) is 1.52. The number of nitrogens with zero attached hydrogens (tertiary/aromatic N) is 1. The number of aromatic nitrogens is 1. The van der Waals surface area contributed by atoms with E-state index in [-0.39, 0.29) is 6.54 Å². The lowest BCUT2D eigenvalue weighted by Gasteiger charge is -2.14. The van der Waals surface area contributed by atoms with Crippen molar-refractivity contribution in [1.29, 1.82) is 0 Å². The first kappa shape index (κ1) is 17.1. The van der Waals surface area contributed by atoms with E-state index in [9.17, 15) is 9.59 Å². The molecule has 2 amide bonds. The molecule has 1 heterocycles. The Hall–Kier alpha value is -1.96. The van der Waals surface area contributed by atoms with Gasteiger partial charge in [0.2, 0.25) is 5.88 Å². The first-order valence-electron chi connectivity index (χ1n) is 6.32. The van der Waals surface area contributed by atoms with Gasteiger partial charge in [0.1, 0.15) is 6.04 Å². The maximum Gasteiger partial charge on any atom is 0.326 e. The second kappa shape index (κ2) is 9.06. The third kappa shape index (κ3) is 6.35. The molecule has 1 aromatic rings. The molecule has 1 atom stereocenters. The SMILES string of the molecule is COc1ccc(CNC(=O)NC(CCSC)C(=O)O)cn1. The molecule has 0 aliphatic heterocycles. The molecule has 0 fully saturated rings. The highest BCUT2D eigenvalue weighted by Crippen LogP contribution is 2.06. The molecule has 21 heavy (non-hydrogen) atoms. The molecule has 116 valence electrons. The minimum absolute atomic E-state index is 0.262. The van der Waals surface area contributed by atoms with Crippen LogP contribution < -0.4 is 15.4 Å². The van der Waals surface area contributed by atoms with Crippen molar-refractivity contribution in [3.8, 4) is 5.88 Å². The minimum atomic E-state index is -1.04. The maximum atomic E-state index is 11.7. The zero-order valence-corrected chi connectivity index (χ0v) is 12.8. The molecule has 0 saturated heterocycles. The topological polar surface area (TPSA) is 101 Å². The lowest BCUT2D eigenvalue weighted by Crippen LogP contribution is -2.46. The number of nitrogens with one attached hydrogen (secondary N) is 2. The number of carboxylic acid groups (broad SMARTS) is 1. The van der Waals surface area contributed by atoms with Gasteiger partial charge in [-0.1, -0.05) is 6.07 Å². The van der Waals surface area contributed by atoms with Crippen LogP contribution in [0.4, 0.5) is 4.79 Å². The quantitative estimate of drug-likeness (QED) is 0.664. The summed E-state index contributed by atoms with van der Waals surface area (Å²) < 4.78 is 4.93. The Morgan fingerprint density at radius 2 is 2.24 bits per heavy atom. The van der Waals surface area contributed by atoms with E-state index < -0.39 is 18.0 Å². The summed E-state index contributed by atoms with van der Waals surface area (Å²) >= 11 is 1.53. The third-order valence-electron chi connectivity index (χ3n) is 2.67. The van der Waals surface area contributed by atoms with E-state index in [1.165, 1.54) is 18.9 Å². The summed E-state index contributed by atoms with van der Waals surface area (Å²) in [4.78, 5) is 26.7. The molecule has 0 bridgehead atoms. The number of methoxy groups -OCH3 is 1. The van der Waals surface area contributed by atoms with Crippen molar-refractivity contribution in [2.24, 2.45) is 0 Å². The van der Waals surface area contributed by atoms with Crippen LogP contribution in [0.25, 0.3) is 0 Å². The van der Waals surface area contributed by atoms with Crippen molar-refractivity contribution in [3.63, 3.8) is 0 Å². The Balaban J connectivity index is 2.42. The summed E-state index contributed by atoms with van der Waals surface area (Å²) in [6.07, 6.45) is 3.85. The molecule has 8 heteroatoms. The smallest absolute Gasteiger partial charge is 0.326 e. The molecule has 7 nitrogen and oxygen atoms in total. The van der Waals surface area contributed by atoms with Gasteiger partial charge < -0.3 is 20.5 Å². The van der Waals surface area contributed by atoms with Gasteiger partial charge in [-0.05, 0) is 24.0 Å². The van der Waals surface area contributed by atoms with Crippen LogP contribution in [0.2, 0.25) is 0 Å². The number of ether oxygens (including phenoxy) is 1. The number of aliphatic carboxylic acids is 1. The number of pyridine rings is 1. The zero-order chi connectivity index (χ0) is 15.7. The Kier molecular flexibility index (Phi) is 7.38. The average Bonchev–Trinajstić information content (AvgIpc) is 2.49. The Morgan fingerprint density at radius 3 is 2.76 bits per heavy atom. The highest BCUT2D eigenvalue weighted by atomic mass is 32.2. The molecule has 0 aliphatic rings. The molecule has 1 rings (SSSR count). The van der Waals surface area contributed by atoms with Crippen molar-refractivity contribution in [2.75, 3.05) is 19.1 Å². The molecular formula is C13H19N3O4S. The summed E-state index contributed by atoms with van der Waals surface area (Å²) in [5.74, 6) is 0.121. The van der Waals surface area contributed by atoms with Crippen molar-refractivity contribution in [1.82, 2.24) is 15.6 Å². The lowest BCUT2D eigenvalue weighted by atomic mass is 10.2. The Labute approximate surface area is 127 Å². The number of thioether (sulfide) groups is 1. The number of urea groups is 1. The highest BCUT2D eigenvalue weighted by Gasteiger charge is 2.18. The molecule has 0 radical (unpaired) electrons. The van der Waals surface area contributed by atoms with Gasteiger partial charge in [-0.2, -0.15) is 11.8 Å². The van der Waals surface area contributed by atoms with Crippen LogP contribution in [0, 0.1) is 0 Å². The normalized spacial score (nSPS) is 11.5. The van der Waals surface area contributed by atoms with Gasteiger partial charge in [-0.25, -0.2) is 14.6 Å². The fourth-order valence-corrected chi connectivity index (χ4v) is 1.99.